The number of methoxy groups -OCH3 is 1. The monoisotopic (exact) mass is 544 g/mol. The largest absolute Gasteiger partial charge is 0.507 e. The average Bonchev–Trinajstić information content (AvgIpc) is 3.09. The fourth-order valence-corrected chi connectivity index (χ4v) is 4.64. The number of nitrogens with zero attached hydrogens (tertiary/aromatic N) is 2. The van der Waals surface area contributed by atoms with Gasteiger partial charge in [-0.2, -0.15) is 0 Å². The van der Waals surface area contributed by atoms with Crippen LogP contribution < -0.4 is 9.47 Å². The van der Waals surface area contributed by atoms with Crippen molar-refractivity contribution in [1.29, 1.82) is 0 Å². The number of ketones is 1. The number of esters is 1. The van der Waals surface area contributed by atoms with Crippen molar-refractivity contribution in [3.05, 3.63) is 63.6 Å². The molecule has 9 heteroatoms. The molecule has 1 heterocycles. The number of likely N-dealkylation sites (tertiary alicyclic amines) is 1. The summed E-state index contributed by atoms with van der Waals surface area (Å²) in [6.07, 6.45) is 0. The van der Waals surface area contributed by atoms with Gasteiger partial charge in [0.15, 0.2) is 0 Å². The third-order valence-corrected chi connectivity index (χ3v) is 6.59. The summed E-state index contributed by atoms with van der Waals surface area (Å²) in [5.74, 6) is -1.22. The number of halogens is 1. The van der Waals surface area contributed by atoms with Crippen molar-refractivity contribution in [2.24, 2.45) is 0 Å². The number of hydrogen-bond donors (Lipinski definition) is 1. The topological polar surface area (TPSA) is 96.4 Å². The number of ether oxygens (including phenoxy) is 2. The van der Waals surface area contributed by atoms with Crippen molar-refractivity contribution < 1.29 is 29.0 Å². The summed E-state index contributed by atoms with van der Waals surface area (Å²) < 4.78 is 11.0. The molecular weight excluding hydrogens is 516 g/mol. The van der Waals surface area contributed by atoms with Gasteiger partial charge in [0.25, 0.3) is 11.7 Å². The molecule has 0 aromatic heterocycles. The number of aliphatic hydroxyl groups is 1. The van der Waals surface area contributed by atoms with Crippen LogP contribution in [0.15, 0.2) is 52.5 Å². The first kappa shape index (κ1) is 26.4. The zero-order chi connectivity index (χ0) is 25.7. The lowest BCUT2D eigenvalue weighted by Gasteiger charge is -2.28. The Morgan fingerprint density at radius 2 is 1.77 bits per heavy atom. The number of carbonyl (C=O) groups excluding carboxylic acids is 3. The number of carbonyl (C=O) groups is 3. The molecule has 0 bridgehead atoms. The van der Waals surface area contributed by atoms with E-state index in [-0.39, 0.29) is 11.3 Å². The van der Waals surface area contributed by atoms with E-state index in [1.807, 2.05) is 13.8 Å². The first-order valence-corrected chi connectivity index (χ1v) is 12.1. The lowest BCUT2D eigenvalue weighted by Crippen LogP contribution is -2.38. The summed E-state index contributed by atoms with van der Waals surface area (Å²) >= 11 is 3.40. The third kappa shape index (κ3) is 5.74. The van der Waals surface area contributed by atoms with Gasteiger partial charge in [-0.1, -0.05) is 26.0 Å². The van der Waals surface area contributed by atoms with E-state index in [0.29, 0.717) is 40.2 Å². The first-order chi connectivity index (χ1) is 16.7. The SMILES string of the molecule is CCN(CC)CCN1C(=O)C(=O)/C(=C(\O)c2ccc(OC)c(Br)c2)C1c1ccc(OC(C)=O)cc1. The van der Waals surface area contributed by atoms with Crippen LogP contribution in [0, 0.1) is 0 Å². The Bertz CT molecular complexity index is 1140. The van der Waals surface area contributed by atoms with E-state index in [2.05, 4.69) is 20.8 Å². The maximum absolute atomic E-state index is 13.2. The lowest BCUT2D eigenvalue weighted by molar-refractivity contribution is -0.140. The van der Waals surface area contributed by atoms with Crippen molar-refractivity contribution in [2.45, 2.75) is 26.8 Å². The van der Waals surface area contributed by atoms with Gasteiger partial charge in [0.1, 0.15) is 17.3 Å². The second-order valence-corrected chi connectivity index (χ2v) is 8.89. The first-order valence-electron chi connectivity index (χ1n) is 11.3. The Morgan fingerprint density at radius 1 is 1.11 bits per heavy atom. The summed E-state index contributed by atoms with van der Waals surface area (Å²) in [6, 6.07) is 10.7. The van der Waals surface area contributed by atoms with Crippen LogP contribution in [-0.4, -0.2) is 65.9 Å². The number of likely N-dealkylation sites (N-methyl/N-ethyl adjacent to an activating group) is 1. The molecule has 0 spiro atoms. The highest BCUT2D eigenvalue weighted by atomic mass is 79.9. The fourth-order valence-electron chi connectivity index (χ4n) is 4.10. The number of benzene rings is 2. The molecular formula is C26H29BrN2O6. The molecule has 1 atom stereocenters. The minimum absolute atomic E-state index is 0.00634. The second-order valence-electron chi connectivity index (χ2n) is 8.03. The highest BCUT2D eigenvalue weighted by Crippen LogP contribution is 2.40. The number of aliphatic hydroxyl groups excluding tert-OH is 1. The van der Waals surface area contributed by atoms with Crippen molar-refractivity contribution in [1.82, 2.24) is 9.80 Å². The van der Waals surface area contributed by atoms with E-state index in [1.165, 1.54) is 18.9 Å². The fraction of sp³-hybridized carbons (Fsp3) is 0.346. The van der Waals surface area contributed by atoms with Gasteiger partial charge < -0.3 is 24.4 Å². The number of hydrogen-bond acceptors (Lipinski definition) is 7. The Morgan fingerprint density at radius 3 is 2.31 bits per heavy atom. The quantitative estimate of drug-likeness (QED) is 0.166. The predicted octanol–water partition coefficient (Wildman–Crippen LogP) is 4.15. The Labute approximate surface area is 213 Å². The Kier molecular flexibility index (Phi) is 8.69. The molecule has 2 aromatic carbocycles. The van der Waals surface area contributed by atoms with Crippen molar-refractivity contribution >= 4 is 39.3 Å². The molecule has 3 rings (SSSR count). The summed E-state index contributed by atoms with van der Waals surface area (Å²) in [5.41, 5.74) is 1.00. The van der Waals surface area contributed by atoms with Gasteiger partial charge in [-0.3, -0.25) is 14.4 Å². The molecule has 0 aliphatic carbocycles. The van der Waals surface area contributed by atoms with Crippen LogP contribution in [0.4, 0.5) is 0 Å². The Balaban J connectivity index is 2.10. The molecule has 35 heavy (non-hydrogen) atoms. The minimum Gasteiger partial charge on any atom is -0.507 e. The van der Waals surface area contributed by atoms with E-state index < -0.39 is 23.7 Å². The normalized spacial score (nSPS) is 17.2. The zero-order valence-electron chi connectivity index (χ0n) is 20.2. The van der Waals surface area contributed by atoms with Gasteiger partial charge >= 0.3 is 5.97 Å². The highest BCUT2D eigenvalue weighted by Gasteiger charge is 2.46. The van der Waals surface area contributed by atoms with E-state index in [1.54, 1.807) is 42.5 Å². The molecule has 186 valence electrons. The number of amides is 1. The van der Waals surface area contributed by atoms with Gasteiger partial charge in [-0.25, -0.2) is 0 Å². The van der Waals surface area contributed by atoms with Crippen molar-refractivity contribution in [2.75, 3.05) is 33.3 Å². The van der Waals surface area contributed by atoms with E-state index in [4.69, 9.17) is 9.47 Å². The summed E-state index contributed by atoms with van der Waals surface area (Å²) in [7, 11) is 1.53. The number of Topliss-reactive ketones (excluding diaryl/α,β-unsaturated/α-hetero) is 1. The summed E-state index contributed by atoms with van der Waals surface area (Å²) in [5, 5.41) is 11.2. The van der Waals surface area contributed by atoms with Crippen molar-refractivity contribution in [3.63, 3.8) is 0 Å². The van der Waals surface area contributed by atoms with Crippen molar-refractivity contribution in [3.8, 4) is 11.5 Å². The molecule has 2 aromatic rings. The van der Waals surface area contributed by atoms with Crippen LogP contribution >= 0.6 is 15.9 Å². The van der Waals surface area contributed by atoms with Crippen LogP contribution in [0.25, 0.3) is 5.76 Å². The molecule has 1 saturated heterocycles. The van der Waals surface area contributed by atoms with E-state index in [9.17, 15) is 19.5 Å². The lowest BCUT2D eigenvalue weighted by atomic mass is 9.95. The molecule has 1 fully saturated rings. The molecule has 1 aliphatic rings. The van der Waals surface area contributed by atoms with Gasteiger partial charge in [-0.15, -0.1) is 0 Å². The standard InChI is InChI=1S/C26H29BrN2O6/c1-5-28(6-2)13-14-29-23(17-7-10-19(11-8-17)35-16(3)30)22(25(32)26(29)33)24(31)18-9-12-21(34-4)20(27)15-18/h7-12,15,23,31H,5-6,13-14H2,1-4H3/b24-22-. The van der Waals surface area contributed by atoms with Crippen LogP contribution in [0.5, 0.6) is 11.5 Å². The van der Waals surface area contributed by atoms with Gasteiger partial charge in [0, 0.05) is 25.6 Å². The molecule has 8 nitrogen and oxygen atoms in total. The predicted molar refractivity (Wildman–Crippen MR) is 135 cm³/mol. The zero-order valence-corrected chi connectivity index (χ0v) is 21.8. The van der Waals surface area contributed by atoms with Crippen LogP contribution in [0.1, 0.15) is 37.9 Å². The van der Waals surface area contributed by atoms with E-state index in [0.717, 1.165) is 13.1 Å². The third-order valence-electron chi connectivity index (χ3n) is 5.97. The van der Waals surface area contributed by atoms with E-state index >= 15 is 0 Å². The average molecular weight is 545 g/mol. The molecule has 1 aliphatic heterocycles. The Hall–Kier alpha value is -3.17. The van der Waals surface area contributed by atoms with Crippen LogP contribution in [-0.2, 0) is 14.4 Å². The van der Waals surface area contributed by atoms with Gasteiger partial charge in [0.05, 0.1) is 23.2 Å². The second kappa shape index (κ2) is 11.5. The van der Waals surface area contributed by atoms with Gasteiger partial charge in [0.2, 0.25) is 0 Å². The molecule has 1 unspecified atom stereocenters. The number of rotatable bonds is 9. The maximum Gasteiger partial charge on any atom is 0.308 e. The molecule has 1 amide bonds. The molecule has 0 radical (unpaired) electrons. The summed E-state index contributed by atoms with van der Waals surface area (Å²) in [4.78, 5) is 41.2. The molecule has 0 saturated carbocycles. The van der Waals surface area contributed by atoms with Gasteiger partial charge in [-0.05, 0) is 64.9 Å². The van der Waals surface area contributed by atoms with Crippen LogP contribution in [0.3, 0.4) is 0 Å². The molecule has 1 N–H and O–H groups in total. The smallest absolute Gasteiger partial charge is 0.308 e. The highest BCUT2D eigenvalue weighted by molar-refractivity contribution is 9.10. The summed E-state index contributed by atoms with van der Waals surface area (Å²) in [6.45, 7) is 7.88. The van der Waals surface area contributed by atoms with Crippen LogP contribution in [0.2, 0.25) is 0 Å². The maximum atomic E-state index is 13.2. The minimum atomic E-state index is -0.794.